The van der Waals surface area contributed by atoms with Gasteiger partial charge in [0, 0.05) is 18.6 Å². The molecule has 4 nitrogen and oxygen atoms in total. The van der Waals surface area contributed by atoms with Crippen molar-refractivity contribution in [2.75, 3.05) is 20.8 Å². The molecule has 0 aromatic heterocycles. The van der Waals surface area contributed by atoms with E-state index in [-0.39, 0.29) is 11.8 Å². The molecule has 0 heterocycles. The summed E-state index contributed by atoms with van der Waals surface area (Å²) in [5.41, 5.74) is 0.747. The van der Waals surface area contributed by atoms with Gasteiger partial charge in [0.1, 0.15) is 0 Å². The fourth-order valence-electron chi connectivity index (χ4n) is 1.57. The summed E-state index contributed by atoms with van der Waals surface area (Å²) in [6.45, 7) is 0.522. The molecule has 13 heavy (non-hydrogen) atoms. The third kappa shape index (κ3) is 2.29. The Morgan fingerprint density at radius 2 is 2.38 bits per heavy atom. The molecule has 0 saturated carbocycles. The van der Waals surface area contributed by atoms with Crippen LogP contribution in [0, 0.1) is 11.3 Å². The summed E-state index contributed by atoms with van der Waals surface area (Å²) in [5.74, 6) is 0.214. The Hall–Kier alpha value is -0.870. The highest BCUT2D eigenvalue weighted by molar-refractivity contribution is 5.92. The van der Waals surface area contributed by atoms with Crippen molar-refractivity contribution in [3.63, 3.8) is 0 Å². The van der Waals surface area contributed by atoms with Gasteiger partial charge in [0.25, 0.3) is 0 Å². The van der Waals surface area contributed by atoms with Crippen LogP contribution in [0.2, 0.25) is 0 Å². The molecule has 4 heteroatoms. The normalized spacial score (nSPS) is 27.2. The maximum Gasteiger partial charge on any atom is 0.208 e. The van der Waals surface area contributed by atoms with Crippen LogP contribution in [-0.4, -0.2) is 37.9 Å². The van der Waals surface area contributed by atoms with Crippen molar-refractivity contribution in [1.29, 1.82) is 5.41 Å². The van der Waals surface area contributed by atoms with E-state index in [9.17, 15) is 5.11 Å². The molecule has 2 N–H and O–H groups in total. The largest absolute Gasteiger partial charge is 0.481 e. The molecule has 0 aliphatic heterocycles. The van der Waals surface area contributed by atoms with Gasteiger partial charge in [0.2, 0.25) is 5.90 Å². The van der Waals surface area contributed by atoms with Gasteiger partial charge in [-0.3, -0.25) is 5.41 Å². The predicted molar refractivity (Wildman–Crippen MR) is 48.8 cm³/mol. The number of aliphatic hydroxyl groups excluding tert-OH is 1. The minimum absolute atomic E-state index is 0.0902. The topological polar surface area (TPSA) is 62.5 Å². The second-order valence-corrected chi connectivity index (χ2v) is 3.11. The number of hydrogen-bond donors (Lipinski definition) is 2. The van der Waals surface area contributed by atoms with E-state index < -0.39 is 6.10 Å². The predicted octanol–water partition coefficient (Wildman–Crippen LogP) is 0.564. The Kier molecular flexibility index (Phi) is 3.45. The molecule has 1 rings (SSSR count). The molecular formula is C9H15NO3. The van der Waals surface area contributed by atoms with Crippen LogP contribution in [0.4, 0.5) is 0 Å². The van der Waals surface area contributed by atoms with Crippen LogP contribution in [0.1, 0.15) is 6.42 Å². The zero-order chi connectivity index (χ0) is 9.84. The number of rotatable bonds is 3. The summed E-state index contributed by atoms with van der Waals surface area (Å²) in [6, 6.07) is 0. The first-order chi connectivity index (χ1) is 6.19. The van der Waals surface area contributed by atoms with Gasteiger partial charge in [-0.05, 0) is 12.5 Å². The number of ether oxygens (including phenoxy) is 2. The average molecular weight is 185 g/mol. The number of nitrogens with one attached hydrogen (secondary N) is 1. The lowest BCUT2D eigenvalue weighted by molar-refractivity contribution is 0.142. The van der Waals surface area contributed by atoms with Crippen molar-refractivity contribution in [1.82, 2.24) is 0 Å². The summed E-state index contributed by atoms with van der Waals surface area (Å²) in [4.78, 5) is 0. The summed E-state index contributed by atoms with van der Waals surface area (Å²) in [7, 11) is 3.07. The molecule has 0 saturated heterocycles. The van der Waals surface area contributed by atoms with Gasteiger partial charge in [0.15, 0.2) is 0 Å². The first-order valence-corrected chi connectivity index (χ1v) is 4.20. The van der Waals surface area contributed by atoms with Crippen molar-refractivity contribution >= 4 is 5.90 Å². The zero-order valence-corrected chi connectivity index (χ0v) is 7.91. The van der Waals surface area contributed by atoms with Crippen LogP contribution < -0.4 is 0 Å². The smallest absolute Gasteiger partial charge is 0.208 e. The number of aliphatic hydroxyl groups is 1. The molecule has 0 amide bonds. The van der Waals surface area contributed by atoms with E-state index >= 15 is 0 Å². The number of hydrogen-bond acceptors (Lipinski definition) is 4. The van der Waals surface area contributed by atoms with Gasteiger partial charge >= 0.3 is 0 Å². The van der Waals surface area contributed by atoms with Crippen molar-refractivity contribution in [3.8, 4) is 0 Å². The summed E-state index contributed by atoms with van der Waals surface area (Å²) < 4.78 is 9.80. The third-order valence-electron chi connectivity index (χ3n) is 2.17. The molecule has 1 aliphatic rings. The van der Waals surface area contributed by atoms with Gasteiger partial charge in [-0.1, -0.05) is 0 Å². The van der Waals surface area contributed by atoms with E-state index in [0.717, 1.165) is 5.57 Å². The van der Waals surface area contributed by atoms with Crippen molar-refractivity contribution < 1.29 is 14.6 Å². The van der Waals surface area contributed by atoms with E-state index in [0.29, 0.717) is 13.0 Å². The highest BCUT2D eigenvalue weighted by atomic mass is 16.5. The van der Waals surface area contributed by atoms with Gasteiger partial charge in [0.05, 0.1) is 19.8 Å². The monoisotopic (exact) mass is 185 g/mol. The molecule has 0 radical (unpaired) electrons. The minimum atomic E-state index is -0.467. The van der Waals surface area contributed by atoms with Crippen LogP contribution >= 0.6 is 0 Å². The van der Waals surface area contributed by atoms with Crippen LogP contribution in [0.3, 0.4) is 0 Å². The lowest BCUT2D eigenvalue weighted by Gasteiger charge is -2.13. The maximum atomic E-state index is 9.36. The Morgan fingerprint density at radius 3 is 2.92 bits per heavy atom. The SMILES string of the molecule is COCC1CC(O)C=C1C(=N)OC. The highest BCUT2D eigenvalue weighted by Crippen LogP contribution is 2.27. The van der Waals surface area contributed by atoms with Crippen molar-refractivity contribution in [3.05, 3.63) is 11.6 Å². The van der Waals surface area contributed by atoms with E-state index in [1.54, 1.807) is 13.2 Å². The lowest BCUT2D eigenvalue weighted by Crippen LogP contribution is -2.15. The summed E-state index contributed by atoms with van der Waals surface area (Å²) >= 11 is 0. The van der Waals surface area contributed by atoms with Gasteiger partial charge < -0.3 is 14.6 Å². The Morgan fingerprint density at radius 1 is 1.69 bits per heavy atom. The maximum absolute atomic E-state index is 9.36. The van der Waals surface area contributed by atoms with Crippen molar-refractivity contribution in [2.24, 2.45) is 5.92 Å². The Balaban J connectivity index is 2.67. The van der Waals surface area contributed by atoms with Gasteiger partial charge in [-0.2, -0.15) is 0 Å². The first-order valence-electron chi connectivity index (χ1n) is 4.20. The molecule has 2 unspecified atom stereocenters. The molecule has 0 bridgehead atoms. The van der Waals surface area contributed by atoms with Crippen LogP contribution in [0.5, 0.6) is 0 Å². The molecule has 0 aromatic rings. The summed E-state index contributed by atoms with van der Waals surface area (Å²) in [6.07, 6.45) is 1.82. The van der Waals surface area contributed by atoms with Gasteiger partial charge in [-0.15, -0.1) is 0 Å². The standard InChI is InChI=1S/C9H15NO3/c1-12-5-6-3-7(11)4-8(6)9(10)13-2/h4,6-7,10-11H,3,5H2,1-2H3. The molecule has 0 aromatic carbocycles. The quantitative estimate of drug-likeness (QED) is 0.499. The second-order valence-electron chi connectivity index (χ2n) is 3.11. The third-order valence-corrected chi connectivity index (χ3v) is 2.17. The van der Waals surface area contributed by atoms with Crippen LogP contribution in [0.15, 0.2) is 11.6 Å². The fraction of sp³-hybridized carbons (Fsp3) is 0.667. The molecule has 74 valence electrons. The highest BCUT2D eigenvalue weighted by Gasteiger charge is 2.28. The van der Waals surface area contributed by atoms with Crippen LogP contribution in [-0.2, 0) is 9.47 Å². The summed E-state index contributed by atoms with van der Waals surface area (Å²) in [5, 5.41) is 16.8. The van der Waals surface area contributed by atoms with E-state index in [1.807, 2.05) is 0 Å². The number of methoxy groups -OCH3 is 2. The van der Waals surface area contributed by atoms with Crippen molar-refractivity contribution in [2.45, 2.75) is 12.5 Å². The van der Waals surface area contributed by atoms with E-state index in [4.69, 9.17) is 14.9 Å². The Labute approximate surface area is 77.7 Å². The molecular weight excluding hydrogens is 170 g/mol. The van der Waals surface area contributed by atoms with Crippen LogP contribution in [0.25, 0.3) is 0 Å². The van der Waals surface area contributed by atoms with E-state index in [1.165, 1.54) is 7.11 Å². The fourth-order valence-corrected chi connectivity index (χ4v) is 1.57. The van der Waals surface area contributed by atoms with E-state index in [2.05, 4.69) is 0 Å². The molecule has 0 spiro atoms. The first kappa shape index (κ1) is 10.2. The second kappa shape index (κ2) is 4.39. The molecule has 1 aliphatic carbocycles. The molecule has 2 atom stereocenters. The molecule has 0 fully saturated rings. The minimum Gasteiger partial charge on any atom is -0.481 e. The lowest BCUT2D eigenvalue weighted by atomic mass is 10.0. The zero-order valence-electron chi connectivity index (χ0n) is 7.91. The average Bonchev–Trinajstić information content (AvgIpc) is 2.46. The van der Waals surface area contributed by atoms with Gasteiger partial charge in [-0.25, -0.2) is 0 Å². The Bertz CT molecular complexity index is 225.